The molecule has 0 radical (unpaired) electrons. The minimum absolute atomic E-state index is 0.0734. The van der Waals surface area contributed by atoms with Gasteiger partial charge in [-0.2, -0.15) is 0 Å². The lowest BCUT2D eigenvalue weighted by Gasteiger charge is -2.35. The Bertz CT molecular complexity index is 827. The average molecular weight is 371 g/mol. The fourth-order valence-corrected chi connectivity index (χ4v) is 3.14. The van der Waals surface area contributed by atoms with Crippen molar-refractivity contribution in [3.63, 3.8) is 0 Å². The minimum Gasteiger partial charge on any atom is -0.464 e. The van der Waals surface area contributed by atoms with E-state index in [1.54, 1.807) is 20.8 Å². The van der Waals surface area contributed by atoms with Gasteiger partial charge >= 0.3 is 11.9 Å². The molecule has 0 saturated heterocycles. The van der Waals surface area contributed by atoms with Gasteiger partial charge in [0.2, 0.25) is 11.4 Å². The van der Waals surface area contributed by atoms with Crippen molar-refractivity contribution in [1.29, 1.82) is 0 Å². The van der Waals surface area contributed by atoms with Gasteiger partial charge in [0.05, 0.1) is 13.2 Å². The average Bonchev–Trinajstić information content (AvgIpc) is 2.65. The number of carbonyl (C=O) groups is 3. The van der Waals surface area contributed by atoms with E-state index in [1.807, 2.05) is 42.5 Å². The molecule has 2 rings (SSSR count). The van der Waals surface area contributed by atoms with Gasteiger partial charge in [-0.1, -0.05) is 49.4 Å². The van der Waals surface area contributed by atoms with Crippen LogP contribution in [-0.4, -0.2) is 36.6 Å². The molecule has 0 spiro atoms. The number of ether oxygens (including phenoxy) is 2. The molecular weight excluding hydrogens is 346 g/mol. The van der Waals surface area contributed by atoms with Crippen LogP contribution in [0.25, 0.3) is 10.8 Å². The molecule has 1 unspecified atom stereocenters. The third-order valence-corrected chi connectivity index (χ3v) is 4.49. The van der Waals surface area contributed by atoms with Gasteiger partial charge in [0.1, 0.15) is 0 Å². The molecule has 0 fully saturated rings. The van der Waals surface area contributed by atoms with Crippen LogP contribution < -0.4 is 5.32 Å². The zero-order valence-electron chi connectivity index (χ0n) is 16.1. The lowest BCUT2D eigenvalue weighted by Crippen LogP contribution is -2.64. The smallest absolute Gasteiger partial charge is 0.344 e. The topological polar surface area (TPSA) is 81.7 Å². The van der Waals surface area contributed by atoms with Gasteiger partial charge in [-0.25, -0.2) is 9.59 Å². The molecule has 1 atom stereocenters. The molecule has 144 valence electrons. The van der Waals surface area contributed by atoms with Gasteiger partial charge < -0.3 is 14.8 Å². The first-order chi connectivity index (χ1) is 12.9. The van der Waals surface area contributed by atoms with Crippen molar-refractivity contribution in [2.75, 3.05) is 13.2 Å². The molecule has 2 aromatic carbocycles. The molecule has 0 bridgehead atoms. The highest BCUT2D eigenvalue weighted by Gasteiger charge is 2.54. The lowest BCUT2D eigenvalue weighted by atomic mass is 9.79. The van der Waals surface area contributed by atoms with Crippen LogP contribution in [0.1, 0.15) is 39.2 Å². The van der Waals surface area contributed by atoms with Gasteiger partial charge in [0.15, 0.2) is 0 Å². The molecule has 0 aliphatic rings. The van der Waals surface area contributed by atoms with E-state index in [-0.39, 0.29) is 13.2 Å². The maximum Gasteiger partial charge on any atom is 0.344 e. The number of fused-ring (bicyclic) bond motifs is 1. The summed E-state index contributed by atoms with van der Waals surface area (Å²) in [4.78, 5) is 37.6. The Labute approximate surface area is 158 Å². The van der Waals surface area contributed by atoms with Crippen molar-refractivity contribution >= 4 is 28.6 Å². The van der Waals surface area contributed by atoms with Gasteiger partial charge in [0.25, 0.3) is 0 Å². The quantitative estimate of drug-likeness (QED) is 0.598. The van der Waals surface area contributed by atoms with Gasteiger partial charge in [-0.05, 0) is 30.2 Å². The molecule has 0 aliphatic carbocycles. The van der Waals surface area contributed by atoms with E-state index in [4.69, 9.17) is 9.47 Å². The molecule has 0 saturated carbocycles. The summed E-state index contributed by atoms with van der Waals surface area (Å²) in [6, 6.07) is 13.4. The number of rotatable bonds is 7. The van der Waals surface area contributed by atoms with Crippen molar-refractivity contribution in [1.82, 2.24) is 5.32 Å². The number of amides is 1. The Hall–Kier alpha value is -2.89. The van der Waals surface area contributed by atoms with Crippen molar-refractivity contribution in [2.45, 2.75) is 39.2 Å². The molecule has 0 aromatic heterocycles. The van der Waals surface area contributed by atoms with Crippen molar-refractivity contribution in [3.8, 4) is 0 Å². The van der Waals surface area contributed by atoms with E-state index in [1.165, 1.54) is 6.92 Å². The van der Waals surface area contributed by atoms with Crippen LogP contribution in [0, 0.1) is 0 Å². The van der Waals surface area contributed by atoms with Crippen LogP contribution >= 0.6 is 0 Å². The van der Waals surface area contributed by atoms with Gasteiger partial charge in [0, 0.05) is 12.8 Å². The van der Waals surface area contributed by atoms with Crippen LogP contribution in [-0.2, 0) is 23.9 Å². The summed E-state index contributed by atoms with van der Waals surface area (Å²) in [6.45, 7) is 6.38. The van der Waals surface area contributed by atoms with Gasteiger partial charge in [-0.3, -0.25) is 4.79 Å². The van der Waals surface area contributed by atoms with Gasteiger partial charge in [-0.15, -0.1) is 0 Å². The molecule has 0 aliphatic heterocycles. The van der Waals surface area contributed by atoms with Crippen LogP contribution in [0.15, 0.2) is 42.5 Å². The van der Waals surface area contributed by atoms with Crippen LogP contribution in [0.5, 0.6) is 0 Å². The lowest BCUT2D eigenvalue weighted by molar-refractivity contribution is -0.169. The van der Waals surface area contributed by atoms with Crippen molar-refractivity contribution < 1.29 is 23.9 Å². The van der Waals surface area contributed by atoms with Crippen molar-refractivity contribution in [3.05, 3.63) is 48.0 Å². The first kappa shape index (κ1) is 20.4. The summed E-state index contributed by atoms with van der Waals surface area (Å²) in [7, 11) is 0. The van der Waals surface area contributed by atoms with E-state index in [0.717, 1.165) is 10.8 Å². The number of benzene rings is 2. The molecule has 1 amide bonds. The Morgan fingerprint density at radius 2 is 1.52 bits per heavy atom. The molecule has 6 heteroatoms. The summed E-state index contributed by atoms with van der Waals surface area (Å²) in [6.07, 6.45) is 0. The van der Waals surface area contributed by atoms with E-state index in [9.17, 15) is 14.4 Å². The SMILES string of the molecule is CCOC(=O)C(NC(C)=O)(C(=O)OCC)C(C)c1ccc2ccccc2c1. The number of hydrogen-bond acceptors (Lipinski definition) is 5. The second-order valence-electron chi connectivity index (χ2n) is 6.26. The highest BCUT2D eigenvalue weighted by atomic mass is 16.6. The molecular formula is C21H25NO5. The summed E-state index contributed by atoms with van der Waals surface area (Å²) < 4.78 is 10.3. The van der Waals surface area contributed by atoms with E-state index >= 15 is 0 Å². The Morgan fingerprint density at radius 1 is 0.963 bits per heavy atom. The summed E-state index contributed by atoms with van der Waals surface area (Å²) in [5, 5.41) is 4.52. The number of carbonyl (C=O) groups excluding carboxylic acids is 3. The largest absolute Gasteiger partial charge is 0.464 e. The van der Waals surface area contributed by atoms with Crippen LogP contribution in [0.4, 0.5) is 0 Å². The second kappa shape index (κ2) is 8.66. The number of esters is 2. The fourth-order valence-electron chi connectivity index (χ4n) is 3.14. The molecule has 6 nitrogen and oxygen atoms in total. The van der Waals surface area contributed by atoms with E-state index in [2.05, 4.69) is 5.32 Å². The number of nitrogens with one attached hydrogen (secondary N) is 1. The summed E-state index contributed by atoms with van der Waals surface area (Å²) in [5.41, 5.74) is -1.25. The zero-order chi connectivity index (χ0) is 20.0. The van der Waals surface area contributed by atoms with Crippen molar-refractivity contribution in [2.24, 2.45) is 0 Å². The highest BCUT2D eigenvalue weighted by Crippen LogP contribution is 2.33. The number of hydrogen-bond donors (Lipinski definition) is 1. The second-order valence-corrected chi connectivity index (χ2v) is 6.26. The normalized spacial score (nSPS) is 12.3. The standard InChI is InChI=1S/C21H25NO5/c1-5-26-19(24)21(22-15(4)23,20(25)27-6-2)14(3)17-12-11-16-9-7-8-10-18(16)13-17/h7-14H,5-6H2,1-4H3,(H,22,23). The first-order valence-electron chi connectivity index (χ1n) is 8.98. The molecule has 2 aromatic rings. The Kier molecular flexibility index (Phi) is 6.55. The summed E-state index contributed by atoms with van der Waals surface area (Å²) >= 11 is 0. The minimum atomic E-state index is -1.96. The molecule has 27 heavy (non-hydrogen) atoms. The predicted molar refractivity (Wildman–Crippen MR) is 102 cm³/mol. The highest BCUT2D eigenvalue weighted by molar-refractivity contribution is 6.09. The third kappa shape index (κ3) is 4.10. The van der Waals surface area contributed by atoms with E-state index in [0.29, 0.717) is 5.56 Å². The molecule has 1 N–H and O–H groups in total. The van der Waals surface area contributed by atoms with Crippen LogP contribution in [0.3, 0.4) is 0 Å². The maximum absolute atomic E-state index is 12.9. The Morgan fingerprint density at radius 3 is 2.04 bits per heavy atom. The maximum atomic E-state index is 12.9. The zero-order valence-corrected chi connectivity index (χ0v) is 16.1. The molecule has 0 heterocycles. The van der Waals surface area contributed by atoms with E-state index < -0.39 is 29.3 Å². The monoisotopic (exact) mass is 371 g/mol. The summed E-state index contributed by atoms with van der Waals surface area (Å²) in [5.74, 6) is -2.90. The predicted octanol–water partition coefficient (Wildman–Crippen LogP) is 2.94. The Balaban J connectivity index is 2.61. The third-order valence-electron chi connectivity index (χ3n) is 4.49. The van der Waals surface area contributed by atoms with Crippen LogP contribution in [0.2, 0.25) is 0 Å². The first-order valence-corrected chi connectivity index (χ1v) is 8.98. The fraction of sp³-hybridized carbons (Fsp3) is 0.381.